The first kappa shape index (κ1) is 40.1. The number of benzene rings is 10. The number of hydrogen-bond acceptors (Lipinski definition) is 1. The Morgan fingerprint density at radius 1 is 0.294 bits per heavy atom. The zero-order valence-electron chi connectivity index (χ0n) is 38.8. The van der Waals surface area contributed by atoms with Gasteiger partial charge in [-0.1, -0.05) is 185 Å². The van der Waals surface area contributed by atoms with E-state index in [2.05, 4.69) is 268 Å². The van der Waals surface area contributed by atoms with E-state index >= 15 is 0 Å². The van der Waals surface area contributed by atoms with Crippen molar-refractivity contribution in [3.05, 3.63) is 253 Å². The third-order valence-electron chi connectivity index (χ3n) is 15.2. The number of hydrogen-bond donors (Lipinski definition) is 0. The zero-order valence-corrected chi connectivity index (χ0v) is 38.8. The molecule has 0 saturated carbocycles. The minimum Gasteiger partial charge on any atom is -0.310 e. The maximum atomic E-state index is 2.47. The van der Waals surface area contributed by atoms with E-state index in [0.717, 1.165) is 22.7 Å². The van der Waals surface area contributed by atoms with Crippen LogP contribution >= 0.6 is 0 Å². The van der Waals surface area contributed by atoms with Gasteiger partial charge in [-0.05, 0) is 151 Å². The van der Waals surface area contributed by atoms with Crippen molar-refractivity contribution in [1.82, 2.24) is 4.57 Å². The van der Waals surface area contributed by atoms with Gasteiger partial charge in [0, 0.05) is 44.4 Å². The van der Waals surface area contributed by atoms with Gasteiger partial charge in [-0.2, -0.15) is 0 Å². The zero-order chi connectivity index (χ0) is 45.7. The summed E-state index contributed by atoms with van der Waals surface area (Å²) in [6, 6.07) is 85.6. The summed E-state index contributed by atoms with van der Waals surface area (Å²) < 4.78 is 2.39. The molecule has 0 radical (unpaired) electrons. The molecule has 68 heavy (non-hydrogen) atoms. The van der Waals surface area contributed by atoms with Crippen molar-refractivity contribution in [1.29, 1.82) is 0 Å². The third kappa shape index (κ3) is 6.10. The van der Waals surface area contributed by atoms with E-state index in [-0.39, 0.29) is 10.8 Å². The highest BCUT2D eigenvalue weighted by Crippen LogP contribution is 2.53. The highest BCUT2D eigenvalue weighted by molar-refractivity contribution is 6.11. The van der Waals surface area contributed by atoms with Crippen LogP contribution in [0.5, 0.6) is 0 Å². The van der Waals surface area contributed by atoms with Crippen molar-refractivity contribution in [2.45, 2.75) is 38.5 Å². The number of aromatic nitrogens is 1. The van der Waals surface area contributed by atoms with Crippen LogP contribution in [0.2, 0.25) is 0 Å². The van der Waals surface area contributed by atoms with Gasteiger partial charge in [0.2, 0.25) is 0 Å². The number of fused-ring (bicyclic) bond motifs is 9. The fourth-order valence-corrected chi connectivity index (χ4v) is 11.7. The quantitative estimate of drug-likeness (QED) is 0.155. The van der Waals surface area contributed by atoms with Crippen LogP contribution in [0.4, 0.5) is 17.1 Å². The summed E-state index contributed by atoms with van der Waals surface area (Å²) in [6.07, 6.45) is 0. The van der Waals surface area contributed by atoms with E-state index in [0.29, 0.717) is 0 Å². The van der Waals surface area contributed by atoms with Gasteiger partial charge in [0.25, 0.3) is 0 Å². The Morgan fingerprint density at radius 2 is 0.779 bits per heavy atom. The highest BCUT2D eigenvalue weighted by Gasteiger charge is 2.37. The van der Waals surface area contributed by atoms with Gasteiger partial charge in [0.1, 0.15) is 0 Å². The lowest BCUT2D eigenvalue weighted by atomic mass is 9.82. The van der Waals surface area contributed by atoms with Crippen molar-refractivity contribution in [3.8, 4) is 61.3 Å². The van der Waals surface area contributed by atoms with Crippen molar-refractivity contribution in [2.24, 2.45) is 0 Å². The Balaban J connectivity index is 0.939. The molecule has 0 amide bonds. The highest BCUT2D eigenvalue weighted by atomic mass is 15.1. The molecule has 10 aromatic carbocycles. The summed E-state index contributed by atoms with van der Waals surface area (Å²) in [5, 5.41) is 2.49. The predicted molar refractivity (Wildman–Crippen MR) is 287 cm³/mol. The Labute approximate surface area is 399 Å². The lowest BCUT2D eigenvalue weighted by Gasteiger charge is -2.30. The molecule has 0 fully saturated rings. The van der Waals surface area contributed by atoms with Crippen molar-refractivity contribution in [3.63, 3.8) is 0 Å². The van der Waals surface area contributed by atoms with Crippen LogP contribution in [0.25, 0.3) is 83.1 Å². The standard InChI is InChI=1S/C66H50N2/c1-65(2)59-24-14-11-21-52(59)54-36-33-49(41-61(54)65)67(50-34-37-55-53-22-12-15-25-60(53)66(3,4)62(55)42-50)48-31-27-43(28-32-48)45-29-35-51(44-17-7-5-8-18-44)57(39-45)46-30-38-64-58(40-46)56-23-13-16-26-63(56)68(64)47-19-9-6-10-20-47/h5-42H,1-4H3. The van der Waals surface area contributed by atoms with E-state index in [4.69, 9.17) is 0 Å². The van der Waals surface area contributed by atoms with Gasteiger partial charge < -0.3 is 9.47 Å². The number of anilines is 3. The first-order valence-electron chi connectivity index (χ1n) is 23.9. The largest absolute Gasteiger partial charge is 0.310 e. The summed E-state index contributed by atoms with van der Waals surface area (Å²) in [7, 11) is 0. The first-order chi connectivity index (χ1) is 33.2. The second-order valence-electron chi connectivity index (χ2n) is 19.7. The lowest BCUT2D eigenvalue weighted by Crippen LogP contribution is -2.18. The number of nitrogens with zero attached hydrogens (tertiary/aromatic N) is 2. The number of rotatable bonds is 7. The molecule has 0 N–H and O–H groups in total. The summed E-state index contributed by atoms with van der Waals surface area (Å²) in [5.74, 6) is 0. The van der Waals surface area contributed by atoms with E-state index in [9.17, 15) is 0 Å². The Bertz CT molecular complexity index is 3670. The molecule has 0 unspecified atom stereocenters. The minimum atomic E-state index is -0.119. The molecule has 324 valence electrons. The molecule has 1 heterocycles. The molecular weight excluding hydrogens is 821 g/mol. The number of para-hydroxylation sites is 2. The smallest absolute Gasteiger partial charge is 0.0541 e. The SMILES string of the molecule is CC1(C)c2ccccc2-c2ccc(N(c3ccc(-c4ccc(-c5ccccc5)c(-c5ccc6c(c5)c5ccccc5n6-c5ccccc5)c4)cc3)c3ccc4c(c3)C(C)(C)c3ccccc3-4)cc21. The lowest BCUT2D eigenvalue weighted by molar-refractivity contribution is 0.660. The average Bonchev–Trinajstić information content (AvgIpc) is 3.93. The first-order valence-corrected chi connectivity index (χ1v) is 23.9. The maximum Gasteiger partial charge on any atom is 0.0541 e. The molecule has 0 saturated heterocycles. The Morgan fingerprint density at radius 3 is 1.43 bits per heavy atom. The summed E-state index contributed by atoms with van der Waals surface area (Å²) in [6.45, 7) is 9.48. The maximum absolute atomic E-state index is 2.47. The second-order valence-corrected chi connectivity index (χ2v) is 19.7. The van der Waals surface area contributed by atoms with Crippen molar-refractivity contribution in [2.75, 3.05) is 4.90 Å². The summed E-state index contributed by atoms with van der Waals surface area (Å²) >= 11 is 0. The summed E-state index contributed by atoms with van der Waals surface area (Å²) in [5.41, 5.74) is 24.8. The van der Waals surface area contributed by atoms with Gasteiger partial charge in [-0.15, -0.1) is 0 Å². The normalized spacial score (nSPS) is 13.8. The van der Waals surface area contributed by atoms with E-state index in [1.54, 1.807) is 0 Å². The summed E-state index contributed by atoms with van der Waals surface area (Å²) in [4.78, 5) is 2.47. The molecule has 0 aliphatic heterocycles. The van der Waals surface area contributed by atoms with E-state index in [1.165, 1.54) is 99.7 Å². The third-order valence-corrected chi connectivity index (χ3v) is 15.2. The van der Waals surface area contributed by atoms with Crippen LogP contribution in [-0.2, 0) is 10.8 Å². The van der Waals surface area contributed by atoms with E-state index in [1.807, 2.05) is 0 Å². The topological polar surface area (TPSA) is 8.17 Å². The van der Waals surface area contributed by atoms with Crippen LogP contribution < -0.4 is 4.90 Å². The van der Waals surface area contributed by atoms with Crippen LogP contribution in [0.1, 0.15) is 49.9 Å². The molecule has 13 rings (SSSR count). The van der Waals surface area contributed by atoms with Crippen LogP contribution in [-0.4, -0.2) is 4.57 Å². The second kappa shape index (κ2) is 15.2. The molecular formula is C66H50N2. The minimum absolute atomic E-state index is 0.119. The molecule has 2 aliphatic rings. The van der Waals surface area contributed by atoms with Crippen LogP contribution in [0.3, 0.4) is 0 Å². The molecule has 2 heteroatoms. The molecule has 0 atom stereocenters. The Hall–Kier alpha value is -8.20. The Kier molecular flexibility index (Phi) is 8.95. The molecule has 0 spiro atoms. The van der Waals surface area contributed by atoms with Gasteiger partial charge in [0.05, 0.1) is 11.0 Å². The van der Waals surface area contributed by atoms with Gasteiger partial charge in [-0.25, -0.2) is 0 Å². The van der Waals surface area contributed by atoms with E-state index < -0.39 is 0 Å². The molecule has 2 aliphatic carbocycles. The predicted octanol–water partition coefficient (Wildman–Crippen LogP) is 17.9. The average molecular weight is 871 g/mol. The molecule has 0 bridgehead atoms. The molecule has 2 nitrogen and oxygen atoms in total. The van der Waals surface area contributed by atoms with Crippen LogP contribution in [0, 0.1) is 0 Å². The van der Waals surface area contributed by atoms with Gasteiger partial charge >= 0.3 is 0 Å². The fourth-order valence-electron chi connectivity index (χ4n) is 11.7. The van der Waals surface area contributed by atoms with Crippen LogP contribution in [0.15, 0.2) is 231 Å². The molecule has 1 aromatic heterocycles. The van der Waals surface area contributed by atoms with Gasteiger partial charge in [0.15, 0.2) is 0 Å². The van der Waals surface area contributed by atoms with Crippen molar-refractivity contribution < 1.29 is 0 Å². The molecule has 11 aromatic rings. The van der Waals surface area contributed by atoms with Crippen molar-refractivity contribution >= 4 is 38.9 Å². The fraction of sp³-hybridized carbons (Fsp3) is 0.0909. The van der Waals surface area contributed by atoms with Gasteiger partial charge in [-0.3, -0.25) is 0 Å². The monoisotopic (exact) mass is 870 g/mol.